The summed E-state index contributed by atoms with van der Waals surface area (Å²) in [6.07, 6.45) is 5.05. The van der Waals surface area contributed by atoms with Gasteiger partial charge in [0.1, 0.15) is 5.78 Å². The van der Waals surface area contributed by atoms with Gasteiger partial charge in [-0.2, -0.15) is 5.10 Å². The third-order valence-corrected chi connectivity index (χ3v) is 3.82. The molecule has 1 aromatic rings. The maximum absolute atomic E-state index is 12.3. The summed E-state index contributed by atoms with van der Waals surface area (Å²) in [5.74, 6) is 0.382. The molecule has 2 rings (SSSR count). The number of nitrogens with zero attached hydrogens (tertiary/aromatic N) is 2. The maximum atomic E-state index is 12.3. The number of aryl methyl sites for hydroxylation is 2. The third-order valence-electron chi connectivity index (χ3n) is 3.82. The summed E-state index contributed by atoms with van der Waals surface area (Å²) >= 11 is 0. The van der Waals surface area contributed by atoms with Gasteiger partial charge in [-0.15, -0.1) is 0 Å². The molecular weight excluding hydrogens is 200 g/mol. The lowest BCUT2D eigenvalue weighted by Gasteiger charge is -2.21. The van der Waals surface area contributed by atoms with Gasteiger partial charge in [-0.25, -0.2) is 0 Å². The largest absolute Gasteiger partial charge is 0.299 e. The van der Waals surface area contributed by atoms with Crippen LogP contribution in [0.25, 0.3) is 0 Å². The SMILES string of the molecule is Cc1cc(CC(=O)C2(C)CCCC2)n(C)n1. The zero-order valence-corrected chi connectivity index (χ0v) is 10.4. The molecule has 3 nitrogen and oxygen atoms in total. The van der Waals surface area contributed by atoms with Crippen molar-refractivity contribution >= 4 is 5.78 Å². The Kier molecular flexibility index (Phi) is 2.87. The van der Waals surface area contributed by atoms with Crippen LogP contribution in [0.3, 0.4) is 0 Å². The molecule has 1 aliphatic carbocycles. The Morgan fingerprint density at radius 1 is 1.50 bits per heavy atom. The molecule has 0 bridgehead atoms. The molecule has 88 valence electrons. The van der Waals surface area contributed by atoms with Crippen molar-refractivity contribution in [2.75, 3.05) is 0 Å². The summed E-state index contributed by atoms with van der Waals surface area (Å²) in [5, 5.41) is 4.28. The summed E-state index contributed by atoms with van der Waals surface area (Å²) in [6, 6.07) is 2.01. The highest BCUT2D eigenvalue weighted by atomic mass is 16.1. The van der Waals surface area contributed by atoms with Crippen molar-refractivity contribution in [2.24, 2.45) is 12.5 Å². The molecule has 0 spiro atoms. The smallest absolute Gasteiger partial charge is 0.144 e. The van der Waals surface area contributed by atoms with Gasteiger partial charge in [0.25, 0.3) is 0 Å². The van der Waals surface area contributed by atoms with Gasteiger partial charge in [0.05, 0.1) is 5.69 Å². The maximum Gasteiger partial charge on any atom is 0.144 e. The molecule has 16 heavy (non-hydrogen) atoms. The van der Waals surface area contributed by atoms with Crippen LogP contribution in [0.2, 0.25) is 0 Å². The second kappa shape index (κ2) is 4.04. The molecule has 1 fully saturated rings. The van der Waals surface area contributed by atoms with Crippen LogP contribution in [-0.4, -0.2) is 15.6 Å². The lowest BCUT2D eigenvalue weighted by Crippen LogP contribution is -2.26. The van der Waals surface area contributed by atoms with Gasteiger partial charge in [0.15, 0.2) is 0 Å². The summed E-state index contributed by atoms with van der Waals surface area (Å²) < 4.78 is 1.82. The number of rotatable bonds is 3. The first-order valence-electron chi connectivity index (χ1n) is 6.04. The first kappa shape index (κ1) is 11.4. The number of carbonyl (C=O) groups excluding carboxylic acids is 1. The van der Waals surface area contributed by atoms with Crippen LogP contribution in [0.1, 0.15) is 44.0 Å². The van der Waals surface area contributed by atoms with Crippen LogP contribution in [0.4, 0.5) is 0 Å². The van der Waals surface area contributed by atoms with Crippen molar-refractivity contribution in [3.63, 3.8) is 0 Å². The minimum Gasteiger partial charge on any atom is -0.299 e. The molecule has 0 radical (unpaired) electrons. The van der Waals surface area contributed by atoms with Crippen LogP contribution < -0.4 is 0 Å². The molecule has 0 aromatic carbocycles. The van der Waals surface area contributed by atoms with Crippen molar-refractivity contribution in [2.45, 2.75) is 46.0 Å². The monoisotopic (exact) mass is 220 g/mol. The fourth-order valence-electron chi connectivity index (χ4n) is 2.64. The van der Waals surface area contributed by atoms with Gasteiger partial charge >= 0.3 is 0 Å². The van der Waals surface area contributed by atoms with E-state index in [-0.39, 0.29) is 5.41 Å². The third kappa shape index (κ3) is 2.04. The van der Waals surface area contributed by atoms with E-state index in [0.29, 0.717) is 12.2 Å². The molecule has 1 heterocycles. The van der Waals surface area contributed by atoms with Crippen molar-refractivity contribution in [1.29, 1.82) is 0 Å². The van der Waals surface area contributed by atoms with E-state index in [1.54, 1.807) is 0 Å². The zero-order chi connectivity index (χ0) is 11.8. The van der Waals surface area contributed by atoms with Crippen molar-refractivity contribution in [3.05, 3.63) is 17.5 Å². The highest BCUT2D eigenvalue weighted by Crippen LogP contribution is 2.39. The van der Waals surface area contributed by atoms with E-state index in [1.165, 1.54) is 12.8 Å². The fourth-order valence-corrected chi connectivity index (χ4v) is 2.64. The van der Waals surface area contributed by atoms with E-state index in [2.05, 4.69) is 12.0 Å². The predicted molar refractivity (Wildman–Crippen MR) is 63.2 cm³/mol. The van der Waals surface area contributed by atoms with Gasteiger partial charge in [-0.05, 0) is 25.8 Å². The van der Waals surface area contributed by atoms with E-state index in [9.17, 15) is 4.79 Å². The Morgan fingerprint density at radius 3 is 2.62 bits per heavy atom. The Morgan fingerprint density at radius 2 is 2.12 bits per heavy atom. The minimum atomic E-state index is -0.0713. The Labute approximate surface area is 96.8 Å². The number of carbonyl (C=O) groups is 1. The Hall–Kier alpha value is -1.12. The number of Topliss-reactive ketones (excluding diaryl/α,β-unsaturated/α-hetero) is 1. The highest BCUT2D eigenvalue weighted by Gasteiger charge is 2.35. The summed E-state index contributed by atoms with van der Waals surface area (Å²) in [4.78, 5) is 12.3. The van der Waals surface area contributed by atoms with Crippen molar-refractivity contribution in [1.82, 2.24) is 9.78 Å². The van der Waals surface area contributed by atoms with E-state index >= 15 is 0 Å². The van der Waals surface area contributed by atoms with Crippen LogP contribution >= 0.6 is 0 Å². The first-order chi connectivity index (χ1) is 7.51. The molecule has 3 heteroatoms. The topological polar surface area (TPSA) is 34.9 Å². The van der Waals surface area contributed by atoms with Gasteiger partial charge in [-0.3, -0.25) is 9.48 Å². The Balaban J connectivity index is 2.10. The summed E-state index contributed by atoms with van der Waals surface area (Å²) in [5.41, 5.74) is 1.95. The number of hydrogen-bond donors (Lipinski definition) is 0. The predicted octanol–water partition coefficient (Wildman–Crippen LogP) is 2.42. The number of ketones is 1. The van der Waals surface area contributed by atoms with Crippen LogP contribution in [0.15, 0.2) is 6.07 Å². The lowest BCUT2D eigenvalue weighted by molar-refractivity contribution is -0.127. The second-order valence-electron chi connectivity index (χ2n) is 5.27. The van der Waals surface area contributed by atoms with Gasteiger partial charge in [-0.1, -0.05) is 19.8 Å². The molecule has 1 aromatic heterocycles. The molecule has 1 saturated carbocycles. The van der Waals surface area contributed by atoms with E-state index in [4.69, 9.17) is 0 Å². The second-order valence-corrected chi connectivity index (χ2v) is 5.27. The highest BCUT2D eigenvalue weighted by molar-refractivity contribution is 5.86. The molecular formula is C13H20N2O. The van der Waals surface area contributed by atoms with Gasteiger partial charge in [0.2, 0.25) is 0 Å². The Bertz CT molecular complexity index is 400. The molecule has 0 atom stereocenters. The molecule has 0 aliphatic heterocycles. The van der Waals surface area contributed by atoms with E-state index < -0.39 is 0 Å². The van der Waals surface area contributed by atoms with Crippen LogP contribution in [0, 0.1) is 12.3 Å². The van der Waals surface area contributed by atoms with Crippen LogP contribution in [0.5, 0.6) is 0 Å². The van der Waals surface area contributed by atoms with Crippen molar-refractivity contribution in [3.8, 4) is 0 Å². The summed E-state index contributed by atoms with van der Waals surface area (Å²) in [6.45, 7) is 4.08. The number of hydrogen-bond acceptors (Lipinski definition) is 2. The molecule has 0 saturated heterocycles. The summed E-state index contributed by atoms with van der Waals surface area (Å²) in [7, 11) is 1.91. The van der Waals surface area contributed by atoms with Crippen molar-refractivity contribution < 1.29 is 4.79 Å². The molecule has 0 amide bonds. The first-order valence-corrected chi connectivity index (χ1v) is 6.04. The molecule has 0 N–H and O–H groups in total. The number of aromatic nitrogens is 2. The standard InChI is InChI=1S/C13H20N2O/c1-10-8-11(15(3)14-10)9-12(16)13(2)6-4-5-7-13/h8H,4-7,9H2,1-3H3. The average Bonchev–Trinajstić information content (AvgIpc) is 2.75. The van der Waals surface area contributed by atoms with E-state index in [1.807, 2.05) is 24.7 Å². The quantitative estimate of drug-likeness (QED) is 0.784. The van der Waals surface area contributed by atoms with Crippen LogP contribution in [-0.2, 0) is 18.3 Å². The average molecular weight is 220 g/mol. The molecule has 0 unspecified atom stereocenters. The van der Waals surface area contributed by atoms with E-state index in [0.717, 1.165) is 24.2 Å². The zero-order valence-electron chi connectivity index (χ0n) is 10.4. The van der Waals surface area contributed by atoms with Gasteiger partial charge in [0, 0.05) is 24.6 Å². The molecule has 1 aliphatic rings. The minimum absolute atomic E-state index is 0.0713. The fraction of sp³-hybridized carbons (Fsp3) is 0.692. The normalized spacial score (nSPS) is 18.9. The lowest BCUT2D eigenvalue weighted by atomic mass is 9.82. The van der Waals surface area contributed by atoms with Gasteiger partial charge < -0.3 is 0 Å².